The van der Waals surface area contributed by atoms with Crippen molar-refractivity contribution in [2.75, 3.05) is 12.0 Å². The van der Waals surface area contributed by atoms with Crippen LogP contribution in [-0.2, 0) is 22.7 Å². The quantitative estimate of drug-likeness (QED) is 0.613. The zero-order valence-electron chi connectivity index (χ0n) is 11.4. The van der Waals surface area contributed by atoms with Gasteiger partial charge in [-0.15, -0.1) is 0 Å². The van der Waals surface area contributed by atoms with Crippen molar-refractivity contribution in [3.63, 3.8) is 0 Å². The number of aryl methyl sites for hydroxylation is 2. The molecular weight excluding hydrogens is 260 g/mol. The summed E-state index contributed by atoms with van der Waals surface area (Å²) in [6, 6.07) is 6.54. The van der Waals surface area contributed by atoms with Crippen LogP contribution in [0.3, 0.4) is 0 Å². The van der Waals surface area contributed by atoms with E-state index in [0.29, 0.717) is 6.42 Å². The largest absolute Gasteiger partial charge is 0.271 e. The van der Waals surface area contributed by atoms with Crippen LogP contribution in [0.1, 0.15) is 42.0 Å². The Morgan fingerprint density at radius 2 is 2.05 bits per heavy atom. The Balaban J connectivity index is 2.01. The third kappa shape index (κ3) is 4.03. The van der Waals surface area contributed by atoms with Crippen molar-refractivity contribution < 1.29 is 8.42 Å². The summed E-state index contributed by atoms with van der Waals surface area (Å²) in [5, 5.41) is 0. The average Bonchev–Trinajstić information content (AvgIpc) is 2.80. The standard InChI is InChI=1S/C14H22N2O2S/c1-19(17,18)9-3-6-14(16-15)13-8-7-11-4-2-5-12(11)10-13/h7-8,10,14,16H,2-6,9,15H2,1H3. The fraction of sp³-hybridized carbons (Fsp3) is 0.571. The Hall–Kier alpha value is -0.910. The molecule has 1 atom stereocenters. The van der Waals surface area contributed by atoms with Crippen LogP contribution >= 0.6 is 0 Å². The maximum Gasteiger partial charge on any atom is 0.147 e. The van der Waals surface area contributed by atoms with Gasteiger partial charge < -0.3 is 0 Å². The number of hydrogen-bond acceptors (Lipinski definition) is 4. The number of nitrogens with two attached hydrogens (primary N) is 1. The second kappa shape index (κ2) is 6.03. The smallest absolute Gasteiger partial charge is 0.147 e. The van der Waals surface area contributed by atoms with E-state index in [0.717, 1.165) is 18.4 Å². The van der Waals surface area contributed by atoms with Crippen molar-refractivity contribution >= 4 is 9.84 Å². The Bertz CT molecular complexity index is 540. The average molecular weight is 282 g/mol. The number of fused-ring (bicyclic) bond motifs is 1. The molecule has 0 saturated heterocycles. The molecule has 0 heterocycles. The van der Waals surface area contributed by atoms with E-state index >= 15 is 0 Å². The van der Waals surface area contributed by atoms with Crippen molar-refractivity contribution in [3.8, 4) is 0 Å². The van der Waals surface area contributed by atoms with Crippen molar-refractivity contribution in [2.24, 2.45) is 5.84 Å². The molecule has 106 valence electrons. The van der Waals surface area contributed by atoms with Gasteiger partial charge in [0.25, 0.3) is 0 Å². The van der Waals surface area contributed by atoms with Crippen LogP contribution in [0.4, 0.5) is 0 Å². The molecule has 1 unspecified atom stereocenters. The molecule has 0 amide bonds. The molecular formula is C14H22N2O2S. The number of nitrogens with one attached hydrogen (secondary N) is 1. The van der Waals surface area contributed by atoms with Gasteiger partial charge >= 0.3 is 0 Å². The maximum absolute atomic E-state index is 11.1. The summed E-state index contributed by atoms with van der Waals surface area (Å²) in [6.45, 7) is 0. The highest BCUT2D eigenvalue weighted by molar-refractivity contribution is 7.90. The van der Waals surface area contributed by atoms with Crippen LogP contribution in [0, 0.1) is 0 Å². The molecule has 0 fully saturated rings. The third-order valence-corrected chi connectivity index (χ3v) is 4.76. The fourth-order valence-electron chi connectivity index (χ4n) is 2.70. The van der Waals surface area contributed by atoms with Gasteiger partial charge in [-0.25, -0.2) is 8.42 Å². The van der Waals surface area contributed by atoms with E-state index in [1.165, 1.54) is 30.2 Å². The highest BCUT2D eigenvalue weighted by Gasteiger charge is 2.15. The van der Waals surface area contributed by atoms with Gasteiger partial charge in [-0.3, -0.25) is 11.3 Å². The first-order valence-electron chi connectivity index (χ1n) is 6.75. The third-order valence-electron chi connectivity index (χ3n) is 3.73. The lowest BCUT2D eigenvalue weighted by molar-refractivity contribution is 0.507. The van der Waals surface area contributed by atoms with E-state index < -0.39 is 9.84 Å². The number of benzene rings is 1. The Morgan fingerprint density at radius 1 is 1.32 bits per heavy atom. The SMILES string of the molecule is CS(=O)(=O)CCCC(NN)c1ccc2c(c1)CCC2. The molecule has 1 aromatic rings. The van der Waals surface area contributed by atoms with Crippen molar-refractivity contribution in [1.29, 1.82) is 0 Å². The van der Waals surface area contributed by atoms with Crippen molar-refractivity contribution in [1.82, 2.24) is 5.43 Å². The first-order valence-corrected chi connectivity index (χ1v) is 8.81. The first kappa shape index (κ1) is 14.5. The van der Waals surface area contributed by atoms with Crippen molar-refractivity contribution in [3.05, 3.63) is 34.9 Å². The van der Waals surface area contributed by atoms with Crippen LogP contribution in [0.25, 0.3) is 0 Å². The lowest BCUT2D eigenvalue weighted by Gasteiger charge is -2.17. The van der Waals surface area contributed by atoms with E-state index in [4.69, 9.17) is 5.84 Å². The van der Waals surface area contributed by atoms with Gasteiger partial charge in [0.05, 0.1) is 0 Å². The number of hydrogen-bond donors (Lipinski definition) is 2. The Morgan fingerprint density at radius 3 is 2.74 bits per heavy atom. The molecule has 1 aromatic carbocycles. The summed E-state index contributed by atoms with van der Waals surface area (Å²) < 4.78 is 22.3. The molecule has 2 rings (SSSR count). The lowest BCUT2D eigenvalue weighted by atomic mass is 9.98. The Labute approximate surface area is 115 Å². The number of hydrazine groups is 1. The predicted molar refractivity (Wildman–Crippen MR) is 77.5 cm³/mol. The van der Waals surface area contributed by atoms with E-state index in [1.807, 2.05) is 0 Å². The molecule has 5 heteroatoms. The molecule has 19 heavy (non-hydrogen) atoms. The highest BCUT2D eigenvalue weighted by Crippen LogP contribution is 2.26. The summed E-state index contributed by atoms with van der Waals surface area (Å²) >= 11 is 0. The summed E-state index contributed by atoms with van der Waals surface area (Å²) in [7, 11) is -2.89. The highest BCUT2D eigenvalue weighted by atomic mass is 32.2. The minimum Gasteiger partial charge on any atom is -0.271 e. The summed E-state index contributed by atoms with van der Waals surface area (Å²) in [5.74, 6) is 5.82. The second-order valence-electron chi connectivity index (χ2n) is 5.37. The molecule has 0 aromatic heterocycles. The molecule has 1 aliphatic rings. The van der Waals surface area contributed by atoms with Gasteiger partial charge in [-0.1, -0.05) is 18.2 Å². The normalized spacial score (nSPS) is 16.3. The summed E-state index contributed by atoms with van der Waals surface area (Å²) in [4.78, 5) is 0. The molecule has 4 nitrogen and oxygen atoms in total. The number of sulfone groups is 1. The van der Waals surface area contributed by atoms with Crippen LogP contribution in [0.15, 0.2) is 18.2 Å². The first-order chi connectivity index (χ1) is 8.99. The molecule has 0 aliphatic heterocycles. The molecule has 1 aliphatic carbocycles. The van der Waals surface area contributed by atoms with Gasteiger partial charge in [0, 0.05) is 18.1 Å². The van der Waals surface area contributed by atoms with Crippen LogP contribution in [-0.4, -0.2) is 20.4 Å². The van der Waals surface area contributed by atoms with E-state index in [-0.39, 0.29) is 11.8 Å². The van der Waals surface area contributed by atoms with Gasteiger partial charge in [-0.05, 0) is 48.8 Å². The zero-order chi connectivity index (χ0) is 13.9. The summed E-state index contributed by atoms with van der Waals surface area (Å²) in [5.41, 5.74) is 6.82. The molecule has 0 saturated carbocycles. The molecule has 0 bridgehead atoms. The lowest BCUT2D eigenvalue weighted by Crippen LogP contribution is -2.28. The van der Waals surface area contributed by atoms with E-state index in [1.54, 1.807) is 0 Å². The monoisotopic (exact) mass is 282 g/mol. The van der Waals surface area contributed by atoms with Crippen LogP contribution in [0.5, 0.6) is 0 Å². The van der Waals surface area contributed by atoms with Crippen molar-refractivity contribution in [2.45, 2.75) is 38.1 Å². The topological polar surface area (TPSA) is 72.2 Å². The van der Waals surface area contributed by atoms with Gasteiger partial charge in [0.15, 0.2) is 0 Å². The van der Waals surface area contributed by atoms with Crippen LogP contribution in [0.2, 0.25) is 0 Å². The van der Waals surface area contributed by atoms with E-state index in [2.05, 4.69) is 23.6 Å². The van der Waals surface area contributed by atoms with Crippen LogP contribution < -0.4 is 11.3 Å². The fourth-order valence-corrected chi connectivity index (χ4v) is 3.40. The maximum atomic E-state index is 11.1. The van der Waals surface area contributed by atoms with Gasteiger partial charge in [0.1, 0.15) is 9.84 Å². The zero-order valence-corrected chi connectivity index (χ0v) is 12.2. The predicted octanol–water partition coefficient (Wildman–Crippen LogP) is 1.50. The second-order valence-corrected chi connectivity index (χ2v) is 7.63. The Kier molecular flexibility index (Phi) is 4.60. The summed E-state index contributed by atoms with van der Waals surface area (Å²) in [6.07, 6.45) is 6.18. The minimum atomic E-state index is -2.89. The molecule has 3 N–H and O–H groups in total. The van der Waals surface area contributed by atoms with E-state index in [9.17, 15) is 8.42 Å². The number of rotatable bonds is 6. The van der Waals surface area contributed by atoms with Gasteiger partial charge in [-0.2, -0.15) is 0 Å². The van der Waals surface area contributed by atoms with Gasteiger partial charge in [0.2, 0.25) is 0 Å². The molecule has 0 spiro atoms. The minimum absolute atomic E-state index is 0.0349. The molecule has 0 radical (unpaired) electrons.